The van der Waals surface area contributed by atoms with Crippen LogP contribution in [0.1, 0.15) is 53.3 Å². The minimum Gasteiger partial charge on any atom is -0.377 e. The molecule has 1 aromatic heterocycles. The zero-order valence-corrected chi connectivity index (χ0v) is 18.6. The number of rotatable bonds is 5. The molecule has 0 bridgehead atoms. The van der Waals surface area contributed by atoms with Gasteiger partial charge in [0.1, 0.15) is 5.82 Å². The molecule has 1 N–H and O–H groups in total. The molecule has 2 unspecified atom stereocenters. The van der Waals surface area contributed by atoms with Gasteiger partial charge in [-0.15, -0.1) is 0 Å². The van der Waals surface area contributed by atoms with Gasteiger partial charge in [-0.25, -0.2) is 4.98 Å². The normalized spacial score (nSPS) is 21.4. The predicted molar refractivity (Wildman–Crippen MR) is 115 cm³/mol. The molecule has 178 valence electrons. The van der Waals surface area contributed by atoms with E-state index in [1.54, 1.807) is 13.4 Å². The summed E-state index contributed by atoms with van der Waals surface area (Å²) < 4.78 is 46.3. The number of benzene rings is 1. The van der Waals surface area contributed by atoms with Crippen LogP contribution in [0, 0.1) is 12.8 Å². The molecule has 1 aliphatic carbocycles. The van der Waals surface area contributed by atoms with Crippen LogP contribution in [0.5, 0.6) is 0 Å². The molecule has 7 nitrogen and oxygen atoms in total. The van der Waals surface area contributed by atoms with E-state index in [0.29, 0.717) is 38.3 Å². The Morgan fingerprint density at radius 2 is 2.00 bits per heavy atom. The van der Waals surface area contributed by atoms with Gasteiger partial charge in [-0.3, -0.25) is 9.59 Å². The highest BCUT2D eigenvalue weighted by molar-refractivity contribution is 5.95. The maximum atomic E-state index is 13.0. The Hall–Kier alpha value is -2.88. The maximum absolute atomic E-state index is 13.0. The van der Waals surface area contributed by atoms with Crippen molar-refractivity contribution < 1.29 is 27.5 Å². The molecular weight excluding hydrogens is 437 g/mol. The number of nitrogens with one attached hydrogen (secondary N) is 1. The molecule has 2 amide bonds. The number of amides is 2. The minimum atomic E-state index is -4.51. The summed E-state index contributed by atoms with van der Waals surface area (Å²) >= 11 is 0. The Labute approximate surface area is 189 Å². The lowest BCUT2D eigenvalue weighted by Gasteiger charge is -2.35. The van der Waals surface area contributed by atoms with E-state index < -0.39 is 17.6 Å². The van der Waals surface area contributed by atoms with Crippen LogP contribution in [-0.2, 0) is 15.7 Å². The van der Waals surface area contributed by atoms with E-state index in [1.807, 2.05) is 11.5 Å². The minimum absolute atomic E-state index is 0.0128. The Bertz CT molecular complexity index is 1030. The van der Waals surface area contributed by atoms with E-state index in [4.69, 9.17) is 4.74 Å². The molecular formula is C23H27F3N4O3. The molecule has 2 fully saturated rings. The van der Waals surface area contributed by atoms with E-state index in [0.717, 1.165) is 24.2 Å². The summed E-state index contributed by atoms with van der Waals surface area (Å²) in [5.74, 6) is -0.263. The fraction of sp³-hybridized carbons (Fsp3) is 0.522. The number of anilines is 1. The number of carbonyl (C=O) groups excluding carboxylic acids is 2. The molecule has 1 saturated carbocycles. The predicted octanol–water partition coefficient (Wildman–Crippen LogP) is 4.05. The van der Waals surface area contributed by atoms with Gasteiger partial charge in [0.25, 0.3) is 5.91 Å². The fourth-order valence-electron chi connectivity index (χ4n) is 4.44. The molecule has 1 aliphatic heterocycles. The van der Waals surface area contributed by atoms with Crippen molar-refractivity contribution in [3.8, 4) is 0 Å². The summed E-state index contributed by atoms with van der Waals surface area (Å²) in [5.41, 5.74) is -0.146. The molecule has 0 spiro atoms. The smallest absolute Gasteiger partial charge is 0.377 e. The molecule has 0 radical (unpaired) electrons. The third-order valence-electron chi connectivity index (χ3n) is 6.55. The highest BCUT2D eigenvalue weighted by atomic mass is 19.4. The van der Waals surface area contributed by atoms with Gasteiger partial charge in [0.2, 0.25) is 5.91 Å². The van der Waals surface area contributed by atoms with Crippen molar-refractivity contribution in [2.24, 2.45) is 5.92 Å². The summed E-state index contributed by atoms with van der Waals surface area (Å²) in [6.07, 6.45) is -0.234. The number of hydrogen-bond acceptors (Lipinski definition) is 4. The van der Waals surface area contributed by atoms with Crippen LogP contribution in [0.15, 0.2) is 30.6 Å². The number of hydrogen-bond donors (Lipinski definition) is 1. The largest absolute Gasteiger partial charge is 0.416 e. The topological polar surface area (TPSA) is 76.5 Å². The molecule has 33 heavy (non-hydrogen) atoms. The summed E-state index contributed by atoms with van der Waals surface area (Å²) in [6, 6.07) is 4.36. The van der Waals surface area contributed by atoms with Crippen LogP contribution in [0.25, 0.3) is 0 Å². The van der Waals surface area contributed by atoms with E-state index in [1.165, 1.54) is 17.0 Å². The first-order chi connectivity index (χ1) is 15.6. The van der Waals surface area contributed by atoms with Crippen LogP contribution in [0.4, 0.5) is 19.0 Å². The average molecular weight is 464 g/mol. The van der Waals surface area contributed by atoms with Crippen molar-refractivity contribution in [3.05, 3.63) is 47.4 Å². The SMILES string of the molecule is Cc1ncn(C2COC2)c1NC(=O)C1CCCC(N(C)C(=O)c2cccc(C(F)(F)F)c2)C1. The zero-order valence-electron chi connectivity index (χ0n) is 18.6. The lowest BCUT2D eigenvalue weighted by Crippen LogP contribution is -2.42. The van der Waals surface area contributed by atoms with Crippen molar-refractivity contribution in [1.29, 1.82) is 0 Å². The van der Waals surface area contributed by atoms with Gasteiger partial charge in [0.15, 0.2) is 0 Å². The Morgan fingerprint density at radius 3 is 2.67 bits per heavy atom. The molecule has 1 saturated heterocycles. The molecule has 2 heterocycles. The molecule has 2 atom stereocenters. The second-order valence-electron chi connectivity index (χ2n) is 8.78. The van der Waals surface area contributed by atoms with Gasteiger partial charge in [-0.1, -0.05) is 12.5 Å². The van der Waals surface area contributed by atoms with Crippen LogP contribution < -0.4 is 5.32 Å². The Balaban J connectivity index is 1.42. The van der Waals surface area contributed by atoms with Crippen molar-refractivity contribution in [2.45, 2.75) is 50.9 Å². The monoisotopic (exact) mass is 464 g/mol. The van der Waals surface area contributed by atoms with Crippen molar-refractivity contribution in [3.63, 3.8) is 0 Å². The maximum Gasteiger partial charge on any atom is 0.416 e. The molecule has 2 aromatic rings. The van der Waals surface area contributed by atoms with E-state index in [9.17, 15) is 22.8 Å². The van der Waals surface area contributed by atoms with Crippen molar-refractivity contribution in [2.75, 3.05) is 25.6 Å². The van der Waals surface area contributed by atoms with Gasteiger partial charge in [-0.2, -0.15) is 13.2 Å². The number of aryl methyl sites for hydroxylation is 1. The number of carbonyl (C=O) groups is 2. The number of halogens is 3. The second kappa shape index (κ2) is 9.17. The highest BCUT2D eigenvalue weighted by Crippen LogP contribution is 2.32. The molecule has 2 aliphatic rings. The first-order valence-electron chi connectivity index (χ1n) is 11.0. The fourth-order valence-corrected chi connectivity index (χ4v) is 4.44. The quantitative estimate of drug-likeness (QED) is 0.724. The summed E-state index contributed by atoms with van der Waals surface area (Å²) in [4.78, 5) is 31.7. The highest BCUT2D eigenvalue weighted by Gasteiger charge is 2.34. The van der Waals surface area contributed by atoms with Gasteiger partial charge in [0.05, 0.1) is 36.8 Å². The van der Waals surface area contributed by atoms with Crippen LogP contribution in [-0.4, -0.2) is 52.6 Å². The van der Waals surface area contributed by atoms with Crippen LogP contribution in [0.2, 0.25) is 0 Å². The summed E-state index contributed by atoms with van der Waals surface area (Å²) in [6.45, 7) is 2.98. The van der Waals surface area contributed by atoms with Crippen LogP contribution in [0.3, 0.4) is 0 Å². The number of alkyl halides is 3. The van der Waals surface area contributed by atoms with Gasteiger partial charge in [-0.05, 0) is 44.4 Å². The Kier molecular flexibility index (Phi) is 6.47. The van der Waals surface area contributed by atoms with Crippen molar-refractivity contribution >= 4 is 17.6 Å². The van der Waals surface area contributed by atoms with Gasteiger partial charge >= 0.3 is 6.18 Å². The Morgan fingerprint density at radius 1 is 1.24 bits per heavy atom. The first kappa shape index (κ1) is 23.3. The lowest BCUT2D eigenvalue weighted by molar-refractivity contribution is -0.137. The second-order valence-corrected chi connectivity index (χ2v) is 8.78. The summed E-state index contributed by atoms with van der Waals surface area (Å²) in [5, 5.41) is 3.00. The van der Waals surface area contributed by atoms with E-state index >= 15 is 0 Å². The number of aromatic nitrogens is 2. The van der Waals surface area contributed by atoms with Gasteiger partial charge in [0, 0.05) is 24.6 Å². The van der Waals surface area contributed by atoms with E-state index in [2.05, 4.69) is 10.3 Å². The third-order valence-corrected chi connectivity index (χ3v) is 6.55. The molecule has 10 heteroatoms. The first-order valence-corrected chi connectivity index (χ1v) is 11.0. The average Bonchev–Trinajstić information content (AvgIpc) is 3.11. The molecule has 1 aromatic carbocycles. The third kappa shape index (κ3) is 4.90. The number of imidazole rings is 1. The lowest BCUT2D eigenvalue weighted by atomic mass is 9.84. The van der Waals surface area contributed by atoms with E-state index in [-0.39, 0.29) is 29.5 Å². The molecule has 4 rings (SSSR count). The number of ether oxygens (including phenoxy) is 1. The van der Waals surface area contributed by atoms with Gasteiger partial charge < -0.3 is 19.5 Å². The summed E-state index contributed by atoms with van der Waals surface area (Å²) in [7, 11) is 1.59. The van der Waals surface area contributed by atoms with Crippen LogP contribution >= 0.6 is 0 Å². The zero-order chi connectivity index (χ0) is 23.8. The van der Waals surface area contributed by atoms with Crippen molar-refractivity contribution in [1.82, 2.24) is 14.5 Å². The number of nitrogens with zero attached hydrogens (tertiary/aromatic N) is 3. The standard InChI is InChI=1S/C23H27F3N4O3/c1-14-20(30(13-27-14)19-11-33-12-19)28-21(31)15-5-4-8-18(10-15)29(2)22(32)16-6-3-7-17(9-16)23(24,25)26/h3,6-7,9,13,15,18-19H,4-5,8,10-12H2,1-2H3,(H,28,31).